The number of carbonyl (C=O) groups is 1. The third-order valence-electron chi connectivity index (χ3n) is 4.98. The standard InChI is InChI=1S/C19H15NO3.C4H10.C2H6.C2H4/c21-10-13-9-20-6-5-15-14-4-3-12(11-1-2-11)7-18(14)23-19(15)16(20)8-17(13)22;1-4(2)3;2*1-2/h3-4,7-11H,1-2,5-6H2;4H,1-3H3;1-2H3;1-2H2. The van der Waals surface area contributed by atoms with E-state index in [2.05, 4.69) is 52.1 Å². The zero-order valence-electron chi connectivity index (χ0n) is 19.5. The van der Waals surface area contributed by atoms with E-state index < -0.39 is 0 Å². The van der Waals surface area contributed by atoms with Crippen molar-refractivity contribution in [3.63, 3.8) is 0 Å². The molecule has 0 spiro atoms. The molecule has 2 aromatic heterocycles. The number of nitrogens with zero attached hydrogens (tertiary/aromatic N) is 1. The number of hydrogen-bond donors (Lipinski definition) is 0. The molecule has 0 radical (unpaired) electrons. The highest BCUT2D eigenvalue weighted by atomic mass is 16.3. The van der Waals surface area contributed by atoms with Crippen LogP contribution in [0.15, 0.2) is 52.8 Å². The van der Waals surface area contributed by atoms with E-state index >= 15 is 0 Å². The first-order valence-electron chi connectivity index (χ1n) is 11.2. The predicted octanol–water partition coefficient (Wildman–Crippen LogP) is 7.00. The number of aldehydes is 1. The Morgan fingerprint density at radius 3 is 2.35 bits per heavy atom. The average Bonchev–Trinajstić information content (AvgIpc) is 3.56. The maximum atomic E-state index is 12.0. The van der Waals surface area contributed by atoms with Crippen LogP contribution in [0.2, 0.25) is 0 Å². The van der Waals surface area contributed by atoms with Crippen LogP contribution in [-0.4, -0.2) is 10.9 Å². The molecule has 3 aromatic rings. The maximum Gasteiger partial charge on any atom is 0.192 e. The Labute approximate surface area is 185 Å². The van der Waals surface area contributed by atoms with Crippen molar-refractivity contribution >= 4 is 17.3 Å². The van der Waals surface area contributed by atoms with Gasteiger partial charge in [-0.25, -0.2) is 0 Å². The molecular weight excluding hydrogens is 386 g/mol. The van der Waals surface area contributed by atoms with Crippen LogP contribution in [-0.2, 0) is 13.0 Å². The molecule has 1 saturated carbocycles. The van der Waals surface area contributed by atoms with E-state index in [1.807, 2.05) is 18.4 Å². The van der Waals surface area contributed by atoms with E-state index in [1.165, 1.54) is 30.0 Å². The van der Waals surface area contributed by atoms with Gasteiger partial charge in [-0.1, -0.05) is 46.8 Å². The summed E-state index contributed by atoms with van der Waals surface area (Å²) in [6.07, 6.45) is 5.62. The quantitative estimate of drug-likeness (QED) is 0.331. The van der Waals surface area contributed by atoms with Gasteiger partial charge in [-0.15, -0.1) is 13.2 Å². The fraction of sp³-hybridized carbons (Fsp3) is 0.407. The maximum absolute atomic E-state index is 12.0. The van der Waals surface area contributed by atoms with Gasteiger partial charge in [0.2, 0.25) is 0 Å². The summed E-state index contributed by atoms with van der Waals surface area (Å²) in [5.74, 6) is 2.29. The molecule has 2 aliphatic rings. The highest BCUT2D eigenvalue weighted by Crippen LogP contribution is 2.43. The topological polar surface area (TPSA) is 52.2 Å². The molecular formula is C27H35NO3. The molecule has 4 nitrogen and oxygen atoms in total. The highest BCUT2D eigenvalue weighted by molar-refractivity contribution is 5.89. The molecule has 0 atom stereocenters. The lowest BCUT2D eigenvalue weighted by molar-refractivity contribution is 0.112. The van der Waals surface area contributed by atoms with Gasteiger partial charge in [0.15, 0.2) is 17.5 Å². The second kappa shape index (κ2) is 10.9. The van der Waals surface area contributed by atoms with Crippen molar-refractivity contribution in [1.29, 1.82) is 0 Å². The number of carbonyl (C=O) groups excluding carboxylic acids is 1. The minimum Gasteiger partial charge on any atom is -0.454 e. The molecule has 0 unspecified atom stereocenters. The van der Waals surface area contributed by atoms with Gasteiger partial charge in [0, 0.05) is 29.8 Å². The molecule has 166 valence electrons. The number of fused-ring (bicyclic) bond motifs is 5. The van der Waals surface area contributed by atoms with Crippen LogP contribution >= 0.6 is 0 Å². The Bertz CT molecular complexity index is 1080. The lowest BCUT2D eigenvalue weighted by atomic mass is 10.00. The summed E-state index contributed by atoms with van der Waals surface area (Å²) < 4.78 is 8.06. The van der Waals surface area contributed by atoms with Crippen molar-refractivity contribution < 1.29 is 9.21 Å². The fourth-order valence-corrected chi connectivity index (χ4v) is 3.59. The number of aryl methyl sites for hydroxylation is 2. The molecule has 3 heterocycles. The normalized spacial score (nSPS) is 13.5. The van der Waals surface area contributed by atoms with Crippen LogP contribution in [0.4, 0.5) is 0 Å². The van der Waals surface area contributed by atoms with Gasteiger partial charge >= 0.3 is 0 Å². The van der Waals surface area contributed by atoms with E-state index in [0.717, 1.165) is 41.3 Å². The number of furan rings is 1. The van der Waals surface area contributed by atoms with E-state index in [1.54, 1.807) is 6.20 Å². The molecule has 0 amide bonds. The fourth-order valence-electron chi connectivity index (χ4n) is 3.59. The lowest BCUT2D eigenvalue weighted by Gasteiger charge is -2.18. The average molecular weight is 422 g/mol. The largest absolute Gasteiger partial charge is 0.454 e. The number of pyridine rings is 1. The monoisotopic (exact) mass is 421 g/mol. The smallest absolute Gasteiger partial charge is 0.192 e. The Kier molecular flexibility index (Phi) is 8.61. The first-order valence-corrected chi connectivity index (χ1v) is 11.2. The van der Waals surface area contributed by atoms with Gasteiger partial charge in [0.1, 0.15) is 5.58 Å². The molecule has 0 bridgehead atoms. The molecule has 0 saturated heterocycles. The molecule has 0 N–H and O–H groups in total. The summed E-state index contributed by atoms with van der Waals surface area (Å²) in [4.78, 5) is 23.0. The Morgan fingerprint density at radius 2 is 1.77 bits per heavy atom. The van der Waals surface area contributed by atoms with E-state index in [9.17, 15) is 9.59 Å². The van der Waals surface area contributed by atoms with Crippen LogP contribution in [0.3, 0.4) is 0 Å². The lowest BCUT2D eigenvalue weighted by Crippen LogP contribution is -2.18. The summed E-state index contributed by atoms with van der Waals surface area (Å²) in [5.41, 5.74) is 4.13. The van der Waals surface area contributed by atoms with Gasteiger partial charge in [-0.2, -0.15) is 0 Å². The van der Waals surface area contributed by atoms with Gasteiger partial charge in [0.25, 0.3) is 0 Å². The van der Waals surface area contributed by atoms with Crippen molar-refractivity contribution in [3.05, 3.63) is 70.5 Å². The van der Waals surface area contributed by atoms with Crippen molar-refractivity contribution in [1.82, 2.24) is 4.57 Å². The van der Waals surface area contributed by atoms with Crippen LogP contribution in [0, 0.1) is 5.92 Å². The molecule has 4 heteroatoms. The predicted molar refractivity (Wildman–Crippen MR) is 130 cm³/mol. The van der Waals surface area contributed by atoms with Crippen LogP contribution in [0.25, 0.3) is 22.4 Å². The molecule has 31 heavy (non-hydrogen) atoms. The van der Waals surface area contributed by atoms with Gasteiger partial charge in [0.05, 0.1) is 11.3 Å². The molecule has 1 aliphatic heterocycles. The third kappa shape index (κ3) is 5.43. The van der Waals surface area contributed by atoms with Crippen molar-refractivity contribution in [2.45, 2.75) is 66.3 Å². The zero-order valence-corrected chi connectivity index (χ0v) is 19.5. The van der Waals surface area contributed by atoms with E-state index in [4.69, 9.17) is 4.42 Å². The van der Waals surface area contributed by atoms with Crippen molar-refractivity contribution in [2.75, 3.05) is 0 Å². The van der Waals surface area contributed by atoms with E-state index in [0.29, 0.717) is 12.2 Å². The van der Waals surface area contributed by atoms with Gasteiger partial charge < -0.3 is 8.98 Å². The molecule has 1 fully saturated rings. The number of hydrogen-bond acceptors (Lipinski definition) is 3. The zero-order chi connectivity index (χ0) is 23.1. The Balaban J connectivity index is 0.000000379. The molecule has 5 rings (SSSR count). The first kappa shape index (κ1) is 24.4. The summed E-state index contributed by atoms with van der Waals surface area (Å²) >= 11 is 0. The number of benzene rings is 1. The molecule has 1 aromatic carbocycles. The minimum atomic E-state index is -0.252. The van der Waals surface area contributed by atoms with Crippen molar-refractivity contribution in [3.8, 4) is 11.5 Å². The number of rotatable bonds is 2. The minimum absolute atomic E-state index is 0.198. The summed E-state index contributed by atoms with van der Waals surface area (Å²) in [7, 11) is 0. The second-order valence-corrected chi connectivity index (χ2v) is 8.21. The highest BCUT2D eigenvalue weighted by Gasteiger charge is 2.27. The van der Waals surface area contributed by atoms with Crippen LogP contribution < -0.4 is 5.43 Å². The van der Waals surface area contributed by atoms with Crippen LogP contribution in [0.1, 0.15) is 74.9 Å². The second-order valence-electron chi connectivity index (χ2n) is 8.21. The molecule has 1 aliphatic carbocycles. The van der Waals surface area contributed by atoms with Gasteiger partial charge in [-0.05, 0) is 42.7 Å². The Morgan fingerprint density at radius 1 is 1.13 bits per heavy atom. The summed E-state index contributed by atoms with van der Waals surface area (Å²) in [6, 6.07) is 8.02. The van der Waals surface area contributed by atoms with Crippen LogP contribution in [0.5, 0.6) is 0 Å². The SMILES string of the molecule is C=C.CC.CC(C)C.O=Cc1cn2c(cc1=O)-c1oc3cc(C4CC4)ccc3c1CC2. The third-order valence-corrected chi connectivity index (χ3v) is 4.98. The Hall–Kier alpha value is -2.88. The first-order chi connectivity index (χ1) is 15.0. The number of aromatic nitrogens is 1. The van der Waals surface area contributed by atoms with E-state index in [-0.39, 0.29) is 11.0 Å². The van der Waals surface area contributed by atoms with Gasteiger partial charge in [-0.3, -0.25) is 9.59 Å². The van der Waals surface area contributed by atoms with Crippen molar-refractivity contribution in [2.24, 2.45) is 5.92 Å². The summed E-state index contributed by atoms with van der Waals surface area (Å²) in [5, 5.41) is 1.14. The summed E-state index contributed by atoms with van der Waals surface area (Å²) in [6.45, 7) is 17.3.